The van der Waals surface area contributed by atoms with Crippen LogP contribution in [0.15, 0.2) is 36.4 Å². The summed E-state index contributed by atoms with van der Waals surface area (Å²) in [5, 5.41) is 2.35. The molecule has 0 aromatic heterocycles. The van der Waals surface area contributed by atoms with E-state index >= 15 is 0 Å². The van der Waals surface area contributed by atoms with Gasteiger partial charge in [-0.2, -0.15) is 0 Å². The molecule has 1 N–H and O–H groups in total. The molecule has 0 radical (unpaired) electrons. The van der Waals surface area contributed by atoms with Crippen LogP contribution >= 0.6 is 11.6 Å². The molecule has 2 aromatic carbocycles. The molecule has 27 heavy (non-hydrogen) atoms. The van der Waals surface area contributed by atoms with Crippen molar-refractivity contribution in [1.29, 1.82) is 0 Å². The van der Waals surface area contributed by atoms with Gasteiger partial charge in [-0.25, -0.2) is 9.18 Å². The van der Waals surface area contributed by atoms with Gasteiger partial charge in [0, 0.05) is 5.69 Å². The molecule has 0 unspecified atom stereocenters. The van der Waals surface area contributed by atoms with Crippen molar-refractivity contribution in [2.24, 2.45) is 0 Å². The van der Waals surface area contributed by atoms with Gasteiger partial charge in [0.05, 0.1) is 5.02 Å². The maximum Gasteiger partial charge on any atom is 0.344 e. The van der Waals surface area contributed by atoms with E-state index in [0.29, 0.717) is 11.4 Å². The largest absolute Gasteiger partial charge is 0.482 e. The summed E-state index contributed by atoms with van der Waals surface area (Å²) >= 11 is 5.64. The Morgan fingerprint density at radius 2 is 1.89 bits per heavy atom. The molecule has 0 aliphatic rings. The lowest BCUT2D eigenvalue weighted by Crippen LogP contribution is -2.23. The van der Waals surface area contributed by atoms with Gasteiger partial charge in [0.2, 0.25) is 0 Å². The van der Waals surface area contributed by atoms with E-state index in [1.165, 1.54) is 12.1 Å². The van der Waals surface area contributed by atoms with Gasteiger partial charge >= 0.3 is 5.97 Å². The summed E-state index contributed by atoms with van der Waals surface area (Å²) in [6.07, 6.45) is 0. The number of halogens is 2. The third-order valence-corrected chi connectivity index (χ3v) is 3.99. The van der Waals surface area contributed by atoms with Crippen molar-refractivity contribution in [2.45, 2.75) is 26.7 Å². The van der Waals surface area contributed by atoms with Gasteiger partial charge in [-0.15, -0.1) is 0 Å². The average molecular weight is 394 g/mol. The fourth-order valence-electron chi connectivity index (χ4n) is 2.34. The molecule has 2 rings (SSSR count). The number of carbonyl (C=O) groups excluding carboxylic acids is 2. The van der Waals surface area contributed by atoms with E-state index in [1.807, 2.05) is 39.0 Å². The zero-order valence-electron chi connectivity index (χ0n) is 15.3. The van der Waals surface area contributed by atoms with Gasteiger partial charge in [-0.3, -0.25) is 4.79 Å². The molecule has 0 aliphatic carbocycles. The van der Waals surface area contributed by atoms with Crippen molar-refractivity contribution in [1.82, 2.24) is 0 Å². The maximum atomic E-state index is 13.1. The molecule has 0 saturated carbocycles. The van der Waals surface area contributed by atoms with Crippen molar-refractivity contribution in [3.8, 4) is 5.75 Å². The molecule has 0 atom stereocenters. The van der Waals surface area contributed by atoms with Crippen LogP contribution in [0.1, 0.15) is 30.9 Å². The molecule has 144 valence electrons. The summed E-state index contributed by atoms with van der Waals surface area (Å²) in [6, 6.07) is 9.55. The summed E-state index contributed by atoms with van der Waals surface area (Å²) in [7, 11) is 0. The number of ether oxygens (including phenoxy) is 2. The van der Waals surface area contributed by atoms with Gasteiger partial charge < -0.3 is 14.8 Å². The molecule has 0 heterocycles. The second kappa shape index (κ2) is 9.37. The van der Waals surface area contributed by atoms with Gasteiger partial charge in [0.1, 0.15) is 11.6 Å². The van der Waals surface area contributed by atoms with Gasteiger partial charge in [0.25, 0.3) is 5.91 Å². The summed E-state index contributed by atoms with van der Waals surface area (Å²) in [5.74, 6) is -0.963. The molecule has 5 nitrogen and oxygen atoms in total. The highest BCUT2D eigenvalue weighted by Gasteiger charge is 2.13. The monoisotopic (exact) mass is 393 g/mol. The zero-order chi connectivity index (χ0) is 20.0. The molecule has 7 heteroatoms. The number of benzene rings is 2. The molecule has 0 aliphatic heterocycles. The number of esters is 1. The molecule has 0 saturated heterocycles. The van der Waals surface area contributed by atoms with E-state index in [9.17, 15) is 14.0 Å². The molecule has 2 aromatic rings. The minimum Gasteiger partial charge on any atom is -0.482 e. The number of rotatable bonds is 7. The molecule has 0 fully saturated rings. The highest BCUT2D eigenvalue weighted by Crippen LogP contribution is 2.27. The van der Waals surface area contributed by atoms with Crippen LogP contribution in [-0.2, 0) is 14.3 Å². The van der Waals surface area contributed by atoms with Crippen molar-refractivity contribution >= 4 is 29.2 Å². The van der Waals surface area contributed by atoms with E-state index < -0.39 is 24.3 Å². The van der Waals surface area contributed by atoms with Gasteiger partial charge in [-0.05, 0) is 48.2 Å². The normalized spacial score (nSPS) is 10.6. The first-order valence-electron chi connectivity index (χ1n) is 8.40. The zero-order valence-corrected chi connectivity index (χ0v) is 16.1. The smallest absolute Gasteiger partial charge is 0.344 e. The Morgan fingerprint density at radius 3 is 2.56 bits per heavy atom. The van der Waals surface area contributed by atoms with Crippen LogP contribution in [0.4, 0.5) is 10.1 Å². The van der Waals surface area contributed by atoms with E-state index in [-0.39, 0.29) is 17.5 Å². The predicted octanol–water partition coefficient (Wildman–Crippen LogP) is 4.47. The van der Waals surface area contributed by atoms with Crippen LogP contribution in [0, 0.1) is 12.7 Å². The minimum atomic E-state index is -0.668. The van der Waals surface area contributed by atoms with Crippen LogP contribution in [0.3, 0.4) is 0 Å². The first kappa shape index (κ1) is 20.7. The number of hydrogen-bond acceptors (Lipinski definition) is 4. The van der Waals surface area contributed by atoms with Crippen molar-refractivity contribution in [3.63, 3.8) is 0 Å². The second-order valence-corrected chi connectivity index (χ2v) is 6.73. The van der Waals surface area contributed by atoms with Crippen molar-refractivity contribution < 1.29 is 23.5 Å². The van der Waals surface area contributed by atoms with Crippen LogP contribution in [-0.4, -0.2) is 25.1 Å². The Hall–Kier alpha value is -2.60. The lowest BCUT2D eigenvalue weighted by atomic mass is 10.0. The average Bonchev–Trinajstić information content (AvgIpc) is 2.61. The van der Waals surface area contributed by atoms with E-state index in [0.717, 1.165) is 17.2 Å². The van der Waals surface area contributed by atoms with Crippen molar-refractivity contribution in [2.75, 3.05) is 18.5 Å². The lowest BCUT2D eigenvalue weighted by molar-refractivity contribution is -0.149. The van der Waals surface area contributed by atoms with Crippen LogP contribution in [0.5, 0.6) is 5.75 Å². The molecular formula is C20H21ClFNO4. The standard InChI is InChI=1S/C20H21ClFNO4/c1-12(2)15-6-4-13(3)8-18(15)26-11-20(25)27-10-19(24)23-14-5-7-17(22)16(21)9-14/h4-9,12H,10-11H2,1-3H3,(H,23,24). The van der Waals surface area contributed by atoms with E-state index in [1.54, 1.807) is 0 Å². The van der Waals surface area contributed by atoms with Crippen molar-refractivity contribution in [3.05, 3.63) is 58.4 Å². The SMILES string of the molecule is Cc1ccc(C(C)C)c(OCC(=O)OCC(=O)Nc2ccc(F)c(Cl)c2)c1. The predicted molar refractivity (Wildman–Crippen MR) is 102 cm³/mol. The summed E-state index contributed by atoms with van der Waals surface area (Å²) in [6.45, 7) is 5.20. The second-order valence-electron chi connectivity index (χ2n) is 6.32. The number of hydrogen-bond donors (Lipinski definition) is 1. The third-order valence-electron chi connectivity index (χ3n) is 3.70. The molecule has 0 spiro atoms. The highest BCUT2D eigenvalue weighted by atomic mass is 35.5. The maximum absolute atomic E-state index is 13.1. The van der Waals surface area contributed by atoms with Gasteiger partial charge in [0.15, 0.2) is 13.2 Å². The topological polar surface area (TPSA) is 64.6 Å². The molecule has 1 amide bonds. The van der Waals surface area contributed by atoms with E-state index in [4.69, 9.17) is 21.1 Å². The Kier molecular flexibility index (Phi) is 7.19. The summed E-state index contributed by atoms with van der Waals surface area (Å²) in [4.78, 5) is 23.6. The highest BCUT2D eigenvalue weighted by molar-refractivity contribution is 6.31. The van der Waals surface area contributed by atoms with Crippen LogP contribution in [0.2, 0.25) is 5.02 Å². The Morgan fingerprint density at radius 1 is 1.15 bits per heavy atom. The van der Waals surface area contributed by atoms with E-state index in [2.05, 4.69) is 5.32 Å². The van der Waals surface area contributed by atoms with Crippen LogP contribution in [0.25, 0.3) is 0 Å². The Balaban J connectivity index is 1.83. The number of anilines is 1. The Bertz CT molecular complexity index is 839. The molecular weight excluding hydrogens is 373 g/mol. The van der Waals surface area contributed by atoms with Crippen LogP contribution < -0.4 is 10.1 Å². The summed E-state index contributed by atoms with van der Waals surface area (Å²) < 4.78 is 23.5. The number of aryl methyl sites for hydroxylation is 1. The molecule has 0 bridgehead atoms. The summed E-state index contributed by atoms with van der Waals surface area (Å²) in [5.41, 5.74) is 2.31. The minimum absolute atomic E-state index is 0.114. The quantitative estimate of drug-likeness (QED) is 0.705. The number of nitrogens with one attached hydrogen (secondary N) is 1. The number of carbonyl (C=O) groups is 2. The fraction of sp³-hybridized carbons (Fsp3) is 0.300. The Labute approximate surface area is 162 Å². The van der Waals surface area contributed by atoms with Gasteiger partial charge in [-0.1, -0.05) is 37.6 Å². The number of amides is 1. The first-order chi connectivity index (χ1) is 12.8. The fourth-order valence-corrected chi connectivity index (χ4v) is 2.52. The lowest BCUT2D eigenvalue weighted by Gasteiger charge is -2.14. The third kappa shape index (κ3) is 6.25. The first-order valence-corrected chi connectivity index (χ1v) is 8.78.